The van der Waals surface area contributed by atoms with Crippen LogP contribution in [0, 0.1) is 0 Å². The lowest BCUT2D eigenvalue weighted by Gasteiger charge is -2.11. The molecule has 0 spiro atoms. The fourth-order valence-electron chi connectivity index (χ4n) is 2.26. The van der Waals surface area contributed by atoms with Gasteiger partial charge in [-0.25, -0.2) is 10.9 Å². The predicted octanol–water partition coefficient (Wildman–Crippen LogP) is 1.90. The number of nitrogens with one attached hydrogen (secondary N) is 5. The lowest BCUT2D eigenvalue weighted by atomic mass is 10.1. The molecule has 1 aliphatic heterocycles. The van der Waals surface area contributed by atoms with Gasteiger partial charge in [0.15, 0.2) is 0 Å². The third-order valence-electron chi connectivity index (χ3n) is 3.41. The fraction of sp³-hybridized carbons (Fsp3) is 1.00. The van der Waals surface area contributed by atoms with Gasteiger partial charge in [0.05, 0.1) is 0 Å². The molecule has 1 heterocycles. The van der Waals surface area contributed by atoms with Gasteiger partial charge >= 0.3 is 0 Å². The topological polar surface area (TPSA) is 60.1 Å². The minimum atomic E-state index is 1.01. The van der Waals surface area contributed by atoms with Gasteiger partial charge in [-0.3, -0.25) is 0 Å². The van der Waals surface area contributed by atoms with Gasteiger partial charge in [0.2, 0.25) is 0 Å². The number of hydrogen-bond donors (Lipinski definition) is 5. The maximum atomic E-state index is 3.13. The molecule has 0 aliphatic carbocycles. The first-order chi connectivity index (χ1) is 9.00. The normalized spacial score (nSPS) is 24.0. The van der Waals surface area contributed by atoms with E-state index in [9.17, 15) is 0 Å². The molecule has 0 radical (unpaired) electrons. The summed E-state index contributed by atoms with van der Waals surface area (Å²) in [7, 11) is 0. The quantitative estimate of drug-likeness (QED) is 0.459. The van der Waals surface area contributed by atoms with Crippen molar-refractivity contribution in [3.05, 3.63) is 0 Å². The second-order valence-electron chi connectivity index (χ2n) is 5.12. The second-order valence-corrected chi connectivity index (χ2v) is 5.12. The van der Waals surface area contributed by atoms with Crippen molar-refractivity contribution in [1.29, 1.82) is 0 Å². The molecule has 5 heteroatoms. The molecule has 18 heavy (non-hydrogen) atoms. The van der Waals surface area contributed by atoms with Crippen LogP contribution in [0.1, 0.15) is 70.6 Å². The molecule has 1 fully saturated rings. The molecule has 0 saturated carbocycles. The minimum Gasteiger partial charge on any atom is -0.243 e. The highest BCUT2D eigenvalue weighted by molar-refractivity contribution is 4.50. The highest BCUT2D eigenvalue weighted by Crippen LogP contribution is 2.10. The molecule has 1 aliphatic rings. The number of rotatable bonds is 0. The molecular weight excluding hydrogens is 226 g/mol. The van der Waals surface area contributed by atoms with Crippen molar-refractivity contribution in [3.63, 3.8) is 0 Å². The highest BCUT2D eigenvalue weighted by atomic mass is 15.8. The Morgan fingerprint density at radius 2 is 0.667 bits per heavy atom. The third-order valence-corrected chi connectivity index (χ3v) is 3.41. The maximum absolute atomic E-state index is 3.13. The average molecular weight is 257 g/mol. The van der Waals surface area contributed by atoms with Crippen LogP contribution in [0.15, 0.2) is 0 Å². The Labute approximate surface area is 112 Å². The minimum absolute atomic E-state index is 1.01. The van der Waals surface area contributed by atoms with Crippen LogP contribution < -0.4 is 27.5 Å². The summed E-state index contributed by atoms with van der Waals surface area (Å²) in [4.78, 5) is 0. The molecule has 0 atom stereocenters. The van der Waals surface area contributed by atoms with Crippen molar-refractivity contribution in [2.75, 3.05) is 13.1 Å². The molecule has 0 bridgehead atoms. The largest absolute Gasteiger partial charge is 0.243 e. The van der Waals surface area contributed by atoms with Gasteiger partial charge in [0, 0.05) is 13.1 Å². The Bertz CT molecular complexity index is 90.4. The molecule has 0 amide bonds. The van der Waals surface area contributed by atoms with Crippen molar-refractivity contribution in [1.82, 2.24) is 27.5 Å². The molecular formula is C13H31N5. The van der Waals surface area contributed by atoms with Crippen LogP contribution in [0.4, 0.5) is 0 Å². The summed E-state index contributed by atoms with van der Waals surface area (Å²) in [5.74, 6) is 0. The van der Waals surface area contributed by atoms with E-state index in [0.29, 0.717) is 0 Å². The van der Waals surface area contributed by atoms with Gasteiger partial charge in [-0.1, -0.05) is 57.8 Å². The summed E-state index contributed by atoms with van der Waals surface area (Å²) in [5, 5.41) is 0. The van der Waals surface area contributed by atoms with E-state index in [2.05, 4.69) is 27.5 Å². The van der Waals surface area contributed by atoms with E-state index >= 15 is 0 Å². The number of hydrazine groups is 4. The smallest absolute Gasteiger partial charge is 0.0113 e. The predicted molar refractivity (Wildman–Crippen MR) is 76.2 cm³/mol. The van der Waals surface area contributed by atoms with E-state index < -0.39 is 0 Å². The molecule has 108 valence electrons. The van der Waals surface area contributed by atoms with Gasteiger partial charge in [-0.2, -0.15) is 16.6 Å². The van der Waals surface area contributed by atoms with Crippen molar-refractivity contribution >= 4 is 0 Å². The van der Waals surface area contributed by atoms with Crippen LogP contribution >= 0.6 is 0 Å². The zero-order valence-corrected chi connectivity index (χ0v) is 11.7. The molecule has 0 aromatic heterocycles. The first-order valence-corrected chi connectivity index (χ1v) is 7.71. The van der Waals surface area contributed by atoms with E-state index in [1.54, 1.807) is 0 Å². The van der Waals surface area contributed by atoms with Crippen LogP contribution in [-0.4, -0.2) is 13.1 Å². The van der Waals surface area contributed by atoms with Gasteiger partial charge in [-0.15, -0.1) is 0 Å². The molecule has 5 N–H and O–H groups in total. The first kappa shape index (κ1) is 15.9. The summed E-state index contributed by atoms with van der Waals surface area (Å²) in [5.41, 5.74) is 15.0. The molecule has 1 rings (SSSR count). The van der Waals surface area contributed by atoms with Crippen LogP contribution in [0.2, 0.25) is 0 Å². The Hall–Kier alpha value is -0.200. The second kappa shape index (κ2) is 13.2. The molecule has 5 nitrogen and oxygen atoms in total. The number of hydrogen-bond acceptors (Lipinski definition) is 5. The zero-order valence-electron chi connectivity index (χ0n) is 11.7. The van der Waals surface area contributed by atoms with Gasteiger partial charge in [0.25, 0.3) is 0 Å². The summed E-state index contributed by atoms with van der Waals surface area (Å²) >= 11 is 0. The van der Waals surface area contributed by atoms with E-state index in [4.69, 9.17) is 0 Å². The monoisotopic (exact) mass is 257 g/mol. The Kier molecular flexibility index (Phi) is 11.7. The molecule has 0 aromatic rings. The van der Waals surface area contributed by atoms with E-state index in [0.717, 1.165) is 13.1 Å². The molecule has 1 saturated heterocycles. The van der Waals surface area contributed by atoms with Gasteiger partial charge < -0.3 is 0 Å². The van der Waals surface area contributed by atoms with Crippen LogP contribution in [-0.2, 0) is 0 Å². The van der Waals surface area contributed by atoms with E-state index in [-0.39, 0.29) is 0 Å². The Morgan fingerprint density at radius 1 is 0.333 bits per heavy atom. The molecule has 0 unspecified atom stereocenters. The van der Waals surface area contributed by atoms with Crippen molar-refractivity contribution in [3.8, 4) is 0 Å². The van der Waals surface area contributed by atoms with E-state index in [1.807, 2.05) is 0 Å². The van der Waals surface area contributed by atoms with Crippen molar-refractivity contribution in [2.45, 2.75) is 70.6 Å². The van der Waals surface area contributed by atoms with Crippen molar-refractivity contribution < 1.29 is 0 Å². The van der Waals surface area contributed by atoms with Crippen molar-refractivity contribution in [2.24, 2.45) is 0 Å². The van der Waals surface area contributed by atoms with Crippen LogP contribution in [0.5, 0.6) is 0 Å². The molecule has 0 aromatic carbocycles. The standard InChI is InChI=1S/C13H31N5/c1-2-4-6-8-10-12-14-16-18-17-15-13-11-9-7-5-3-1/h14-18H,1-13H2. The maximum Gasteiger partial charge on any atom is 0.0113 e. The first-order valence-electron chi connectivity index (χ1n) is 7.71. The lowest BCUT2D eigenvalue weighted by Crippen LogP contribution is -2.55. The van der Waals surface area contributed by atoms with Crippen LogP contribution in [0.25, 0.3) is 0 Å². The fourth-order valence-corrected chi connectivity index (χ4v) is 2.26. The summed E-state index contributed by atoms with van der Waals surface area (Å²) in [6, 6.07) is 0. The van der Waals surface area contributed by atoms with E-state index in [1.165, 1.54) is 70.6 Å². The Balaban J connectivity index is 2.00. The van der Waals surface area contributed by atoms with Gasteiger partial charge in [-0.05, 0) is 12.8 Å². The third kappa shape index (κ3) is 10.9. The Morgan fingerprint density at radius 3 is 1.06 bits per heavy atom. The SMILES string of the molecule is C1CCCCCCNNNNNCCCCCC1. The summed E-state index contributed by atoms with van der Waals surface area (Å²) < 4.78 is 0. The zero-order chi connectivity index (χ0) is 12.7. The summed E-state index contributed by atoms with van der Waals surface area (Å²) in [6.07, 6.45) is 15.0. The van der Waals surface area contributed by atoms with Gasteiger partial charge in [0.1, 0.15) is 0 Å². The average Bonchev–Trinajstić information content (AvgIpc) is 2.39. The van der Waals surface area contributed by atoms with Crippen LogP contribution in [0.3, 0.4) is 0 Å². The highest BCUT2D eigenvalue weighted by Gasteiger charge is 1.94. The lowest BCUT2D eigenvalue weighted by molar-refractivity contribution is 0.320. The summed E-state index contributed by atoms with van der Waals surface area (Å²) in [6.45, 7) is 2.02.